The topological polar surface area (TPSA) is 82.1 Å². The van der Waals surface area contributed by atoms with Gasteiger partial charge >= 0.3 is 0 Å². The van der Waals surface area contributed by atoms with Crippen molar-refractivity contribution in [3.63, 3.8) is 0 Å². The van der Waals surface area contributed by atoms with Crippen LogP contribution in [0.5, 0.6) is 0 Å². The van der Waals surface area contributed by atoms with E-state index < -0.39 is 15.8 Å². The van der Waals surface area contributed by atoms with Crippen LogP contribution in [0, 0.1) is 12.7 Å². The third kappa shape index (κ3) is 5.47. The first kappa shape index (κ1) is 21.1. The van der Waals surface area contributed by atoms with Crippen molar-refractivity contribution >= 4 is 22.1 Å². The number of aryl methyl sites for hydroxylation is 1. The Morgan fingerprint density at radius 2 is 1.76 bits per heavy atom. The second kappa shape index (κ2) is 9.25. The van der Waals surface area contributed by atoms with Gasteiger partial charge in [0.25, 0.3) is 5.91 Å². The molecule has 1 aliphatic rings. The van der Waals surface area contributed by atoms with Gasteiger partial charge < -0.3 is 0 Å². The molecule has 29 heavy (non-hydrogen) atoms. The van der Waals surface area contributed by atoms with Crippen molar-refractivity contribution in [2.24, 2.45) is 5.10 Å². The van der Waals surface area contributed by atoms with Crippen LogP contribution in [0.2, 0.25) is 0 Å². The molecule has 1 aliphatic heterocycles. The molecule has 3 rings (SSSR count). The van der Waals surface area contributed by atoms with Crippen molar-refractivity contribution in [3.05, 3.63) is 65.5 Å². The highest BCUT2D eigenvalue weighted by molar-refractivity contribution is 7.89. The maximum atomic E-state index is 13.5. The van der Waals surface area contributed by atoms with Crippen LogP contribution in [-0.2, 0) is 14.8 Å². The van der Waals surface area contributed by atoms with Crippen molar-refractivity contribution < 1.29 is 17.6 Å². The SMILES string of the molecule is Cc1ccc(S(=O)(=O)N2CCN(CC(=O)N/N=C\c3ccccc3F)CC2)cc1. The molecule has 154 valence electrons. The van der Waals surface area contributed by atoms with Crippen molar-refractivity contribution in [2.75, 3.05) is 32.7 Å². The van der Waals surface area contributed by atoms with Crippen LogP contribution in [0.4, 0.5) is 4.39 Å². The second-order valence-corrected chi connectivity index (χ2v) is 8.75. The number of carbonyl (C=O) groups excluding carboxylic acids is 1. The summed E-state index contributed by atoms with van der Waals surface area (Å²) in [7, 11) is -3.53. The number of hydrogen-bond acceptors (Lipinski definition) is 5. The van der Waals surface area contributed by atoms with Crippen LogP contribution in [-0.4, -0.2) is 62.5 Å². The number of rotatable bonds is 6. The average molecular weight is 418 g/mol. The van der Waals surface area contributed by atoms with Gasteiger partial charge in [0, 0.05) is 31.7 Å². The normalized spacial score (nSPS) is 16.2. The summed E-state index contributed by atoms with van der Waals surface area (Å²) in [6.07, 6.45) is 1.25. The number of piperazine rings is 1. The summed E-state index contributed by atoms with van der Waals surface area (Å²) < 4.78 is 40.3. The van der Waals surface area contributed by atoms with Crippen molar-refractivity contribution in [1.29, 1.82) is 0 Å². The molecule has 1 N–H and O–H groups in total. The summed E-state index contributed by atoms with van der Waals surface area (Å²) in [6.45, 7) is 3.49. The molecule has 0 unspecified atom stereocenters. The van der Waals surface area contributed by atoms with Crippen LogP contribution in [0.25, 0.3) is 0 Å². The first-order chi connectivity index (χ1) is 13.9. The zero-order chi connectivity index (χ0) is 20.9. The minimum atomic E-state index is -3.53. The largest absolute Gasteiger partial charge is 0.292 e. The van der Waals surface area contributed by atoms with E-state index in [2.05, 4.69) is 10.5 Å². The van der Waals surface area contributed by atoms with Gasteiger partial charge in [-0.3, -0.25) is 9.69 Å². The predicted molar refractivity (Wildman–Crippen MR) is 109 cm³/mol. The molecule has 0 radical (unpaired) electrons. The summed E-state index contributed by atoms with van der Waals surface area (Å²) in [5.41, 5.74) is 3.65. The molecule has 0 spiro atoms. The fourth-order valence-electron chi connectivity index (χ4n) is 2.98. The van der Waals surface area contributed by atoms with Crippen LogP contribution in [0.15, 0.2) is 58.5 Å². The molecule has 0 saturated carbocycles. The lowest BCUT2D eigenvalue weighted by Crippen LogP contribution is -2.50. The van der Waals surface area contributed by atoms with Gasteiger partial charge in [-0.05, 0) is 25.1 Å². The summed E-state index contributed by atoms with van der Waals surface area (Å²) in [5.74, 6) is -0.760. The molecule has 2 aromatic rings. The molecule has 1 amide bonds. The van der Waals surface area contributed by atoms with Crippen LogP contribution in [0.3, 0.4) is 0 Å². The maximum absolute atomic E-state index is 13.5. The number of amides is 1. The molecule has 1 heterocycles. The van der Waals surface area contributed by atoms with E-state index in [4.69, 9.17) is 0 Å². The summed E-state index contributed by atoms with van der Waals surface area (Å²) >= 11 is 0. The smallest absolute Gasteiger partial charge is 0.254 e. The summed E-state index contributed by atoms with van der Waals surface area (Å²) in [4.78, 5) is 14.2. The van der Waals surface area contributed by atoms with Gasteiger partial charge in [0.05, 0.1) is 17.7 Å². The Balaban J connectivity index is 1.48. The Labute approximate surface area is 169 Å². The first-order valence-corrected chi connectivity index (χ1v) is 10.7. The van der Waals surface area contributed by atoms with E-state index in [1.165, 1.54) is 16.6 Å². The standard InChI is InChI=1S/C20H23FN4O3S/c1-16-6-8-18(9-7-16)29(27,28)25-12-10-24(11-13-25)15-20(26)23-22-14-17-4-2-3-5-19(17)21/h2-9,14H,10-13,15H2,1H3,(H,23,26)/b22-14-. The molecule has 0 aromatic heterocycles. The van der Waals surface area contributed by atoms with E-state index in [0.29, 0.717) is 26.2 Å². The lowest BCUT2D eigenvalue weighted by molar-refractivity contribution is -0.122. The number of hydrogen-bond donors (Lipinski definition) is 1. The number of sulfonamides is 1. The lowest BCUT2D eigenvalue weighted by Gasteiger charge is -2.33. The zero-order valence-corrected chi connectivity index (χ0v) is 16.9. The monoisotopic (exact) mass is 418 g/mol. The molecule has 0 bridgehead atoms. The number of carbonyl (C=O) groups is 1. The quantitative estimate of drug-likeness (QED) is 0.571. The fraction of sp³-hybridized carbons (Fsp3) is 0.300. The molecule has 7 nitrogen and oxygen atoms in total. The average Bonchev–Trinajstić information content (AvgIpc) is 2.70. The minimum absolute atomic E-state index is 0.0903. The maximum Gasteiger partial charge on any atom is 0.254 e. The van der Waals surface area contributed by atoms with Gasteiger partial charge in [0.15, 0.2) is 0 Å². The van der Waals surface area contributed by atoms with Crippen LogP contribution < -0.4 is 5.43 Å². The van der Waals surface area contributed by atoms with Gasteiger partial charge in [-0.1, -0.05) is 35.9 Å². The van der Waals surface area contributed by atoms with Crippen molar-refractivity contribution in [3.8, 4) is 0 Å². The molecule has 2 aromatic carbocycles. The van der Waals surface area contributed by atoms with E-state index >= 15 is 0 Å². The number of hydrazone groups is 1. The molecular formula is C20H23FN4O3S. The number of benzene rings is 2. The molecule has 9 heteroatoms. The Kier molecular flexibility index (Phi) is 6.73. The summed E-state index contributed by atoms with van der Waals surface area (Å²) in [5, 5.41) is 3.77. The van der Waals surface area contributed by atoms with Crippen LogP contribution >= 0.6 is 0 Å². The van der Waals surface area contributed by atoms with Gasteiger partial charge in [-0.15, -0.1) is 0 Å². The van der Waals surface area contributed by atoms with Crippen molar-refractivity contribution in [1.82, 2.24) is 14.6 Å². The molecule has 0 aliphatic carbocycles. The first-order valence-electron chi connectivity index (χ1n) is 9.22. The van der Waals surface area contributed by atoms with E-state index in [0.717, 1.165) is 5.56 Å². The summed E-state index contributed by atoms with van der Waals surface area (Å²) in [6, 6.07) is 12.9. The van der Waals surface area contributed by atoms with Crippen molar-refractivity contribution in [2.45, 2.75) is 11.8 Å². The number of nitrogens with zero attached hydrogens (tertiary/aromatic N) is 3. The Morgan fingerprint density at radius 1 is 1.10 bits per heavy atom. The zero-order valence-electron chi connectivity index (χ0n) is 16.1. The van der Waals surface area contributed by atoms with Gasteiger partial charge in [0.2, 0.25) is 10.0 Å². The Morgan fingerprint density at radius 3 is 2.41 bits per heavy atom. The number of halogens is 1. The third-order valence-corrected chi connectivity index (χ3v) is 6.57. The molecule has 1 fully saturated rings. The van der Waals surface area contributed by atoms with Gasteiger partial charge in [0.1, 0.15) is 5.82 Å². The minimum Gasteiger partial charge on any atom is -0.292 e. The van der Waals surface area contributed by atoms with Gasteiger partial charge in [-0.25, -0.2) is 18.2 Å². The Hall–Kier alpha value is -2.62. The van der Waals surface area contributed by atoms with E-state index in [9.17, 15) is 17.6 Å². The lowest BCUT2D eigenvalue weighted by atomic mass is 10.2. The third-order valence-electron chi connectivity index (χ3n) is 4.66. The van der Waals surface area contributed by atoms with E-state index in [-0.39, 0.29) is 22.9 Å². The fourth-order valence-corrected chi connectivity index (χ4v) is 4.40. The molecule has 1 saturated heterocycles. The molecular weight excluding hydrogens is 395 g/mol. The van der Waals surface area contributed by atoms with E-state index in [1.807, 2.05) is 11.8 Å². The molecule has 0 atom stereocenters. The highest BCUT2D eigenvalue weighted by Gasteiger charge is 2.28. The number of nitrogens with one attached hydrogen (secondary N) is 1. The van der Waals surface area contributed by atoms with Crippen LogP contribution in [0.1, 0.15) is 11.1 Å². The van der Waals surface area contributed by atoms with Gasteiger partial charge in [-0.2, -0.15) is 9.41 Å². The highest BCUT2D eigenvalue weighted by Crippen LogP contribution is 2.18. The Bertz CT molecular complexity index is 985. The predicted octanol–water partition coefficient (Wildman–Crippen LogP) is 1.59. The highest BCUT2D eigenvalue weighted by atomic mass is 32.2. The van der Waals surface area contributed by atoms with E-state index in [1.54, 1.807) is 42.5 Å². The second-order valence-electron chi connectivity index (χ2n) is 6.81.